The predicted molar refractivity (Wildman–Crippen MR) is 105 cm³/mol. The Morgan fingerprint density at radius 2 is 2.04 bits per heavy atom. The van der Waals surface area contributed by atoms with Crippen LogP contribution in [0.3, 0.4) is 0 Å². The molecule has 0 saturated carbocycles. The Morgan fingerprint density at radius 1 is 1.29 bits per heavy atom. The summed E-state index contributed by atoms with van der Waals surface area (Å²) in [7, 11) is 1.89. The number of carbonyl (C=O) groups excluding carboxylic acids is 1. The molecule has 0 unspecified atom stereocenters. The van der Waals surface area contributed by atoms with E-state index in [1.807, 2.05) is 20.2 Å². The van der Waals surface area contributed by atoms with Gasteiger partial charge in [-0.3, -0.25) is 24.5 Å². The summed E-state index contributed by atoms with van der Waals surface area (Å²) in [6.45, 7) is 5.46. The summed E-state index contributed by atoms with van der Waals surface area (Å²) in [5.74, 6) is -0.133. The molecule has 1 amide bonds. The number of rotatable bonds is 4. The number of aromatic nitrogens is 3. The second-order valence-electron chi connectivity index (χ2n) is 6.89. The Hall–Kier alpha value is -2.85. The minimum absolute atomic E-state index is 0.00410. The van der Waals surface area contributed by atoms with E-state index >= 15 is 0 Å². The third kappa shape index (κ3) is 3.48. The van der Waals surface area contributed by atoms with Gasteiger partial charge in [0.25, 0.3) is 5.91 Å². The lowest BCUT2D eigenvalue weighted by molar-refractivity contribution is -0.380. The van der Waals surface area contributed by atoms with E-state index in [0.29, 0.717) is 18.0 Å². The van der Waals surface area contributed by atoms with E-state index < -0.39 is 4.92 Å². The van der Waals surface area contributed by atoms with Crippen molar-refractivity contribution in [3.8, 4) is 0 Å². The summed E-state index contributed by atoms with van der Waals surface area (Å²) in [5.41, 5.74) is 2.96. The molecule has 4 rings (SSSR count). The first-order chi connectivity index (χ1) is 13.4. The van der Waals surface area contributed by atoms with Gasteiger partial charge in [-0.15, -0.1) is 0 Å². The lowest BCUT2D eigenvalue weighted by atomic mass is 10.2. The minimum atomic E-state index is -0.464. The number of hydrogen-bond donors (Lipinski definition) is 0. The van der Waals surface area contributed by atoms with Gasteiger partial charge in [-0.2, -0.15) is 5.10 Å². The smallest absolute Gasteiger partial charge is 0.324 e. The van der Waals surface area contributed by atoms with Crippen LogP contribution in [0.2, 0.25) is 0 Å². The Balaban J connectivity index is 1.38. The van der Waals surface area contributed by atoms with Crippen LogP contribution in [0.5, 0.6) is 0 Å². The van der Waals surface area contributed by atoms with Crippen molar-refractivity contribution in [3.05, 3.63) is 50.6 Å². The highest BCUT2D eigenvalue weighted by atomic mass is 32.1. The van der Waals surface area contributed by atoms with Crippen molar-refractivity contribution in [2.45, 2.75) is 13.5 Å². The van der Waals surface area contributed by atoms with E-state index in [1.54, 1.807) is 9.58 Å². The van der Waals surface area contributed by atoms with Crippen LogP contribution < -0.4 is 0 Å². The van der Waals surface area contributed by atoms with Crippen LogP contribution in [0.4, 0.5) is 5.00 Å². The molecule has 1 aliphatic heterocycles. The summed E-state index contributed by atoms with van der Waals surface area (Å²) in [4.78, 5) is 31.9. The summed E-state index contributed by atoms with van der Waals surface area (Å²) in [6.07, 6.45) is 1.88. The largest absolute Gasteiger partial charge is 0.335 e. The monoisotopic (exact) mass is 400 g/mol. The van der Waals surface area contributed by atoms with Crippen molar-refractivity contribution in [1.29, 1.82) is 0 Å². The zero-order valence-corrected chi connectivity index (χ0v) is 16.5. The molecule has 28 heavy (non-hydrogen) atoms. The van der Waals surface area contributed by atoms with Crippen molar-refractivity contribution in [2.24, 2.45) is 7.05 Å². The molecule has 0 bridgehead atoms. The molecule has 3 aromatic heterocycles. The molecule has 0 spiro atoms. The molecule has 0 radical (unpaired) electrons. The van der Waals surface area contributed by atoms with Gasteiger partial charge in [0.15, 0.2) is 5.65 Å². The van der Waals surface area contributed by atoms with Crippen LogP contribution in [0.1, 0.15) is 20.9 Å². The molecule has 9 nitrogen and oxygen atoms in total. The van der Waals surface area contributed by atoms with Gasteiger partial charge in [-0.25, -0.2) is 4.98 Å². The molecule has 1 saturated heterocycles. The molecule has 4 heterocycles. The highest BCUT2D eigenvalue weighted by Crippen LogP contribution is 2.25. The lowest BCUT2D eigenvalue weighted by Crippen LogP contribution is -2.48. The fourth-order valence-corrected chi connectivity index (χ4v) is 4.29. The molecule has 0 aliphatic carbocycles. The van der Waals surface area contributed by atoms with Gasteiger partial charge in [0.05, 0.1) is 15.5 Å². The van der Waals surface area contributed by atoms with Crippen molar-refractivity contribution in [3.63, 3.8) is 0 Å². The molecule has 0 atom stereocenters. The number of thiophene rings is 1. The van der Waals surface area contributed by atoms with Crippen LogP contribution in [-0.2, 0) is 13.6 Å². The van der Waals surface area contributed by atoms with Gasteiger partial charge < -0.3 is 4.90 Å². The van der Waals surface area contributed by atoms with Crippen LogP contribution >= 0.6 is 11.3 Å². The molecule has 1 fully saturated rings. The van der Waals surface area contributed by atoms with Gasteiger partial charge in [-0.05, 0) is 24.6 Å². The first kappa shape index (κ1) is 18.5. The first-order valence-electron chi connectivity index (χ1n) is 8.96. The summed E-state index contributed by atoms with van der Waals surface area (Å²) >= 11 is 0.931. The Bertz CT molecular complexity index is 1050. The summed E-state index contributed by atoms with van der Waals surface area (Å²) < 4.78 is 1.79. The van der Waals surface area contributed by atoms with Gasteiger partial charge >= 0.3 is 5.00 Å². The Kier molecular flexibility index (Phi) is 4.82. The number of nitro groups is 1. The molecule has 3 aromatic rings. The number of pyridine rings is 1. The third-order valence-corrected chi connectivity index (χ3v) is 5.99. The van der Waals surface area contributed by atoms with E-state index in [4.69, 9.17) is 0 Å². The maximum absolute atomic E-state index is 12.6. The quantitative estimate of drug-likeness (QED) is 0.492. The molecule has 0 N–H and O–H groups in total. The van der Waals surface area contributed by atoms with E-state index in [0.717, 1.165) is 53.3 Å². The first-order valence-corrected chi connectivity index (χ1v) is 9.78. The van der Waals surface area contributed by atoms with Crippen LogP contribution in [0.25, 0.3) is 11.0 Å². The standard InChI is InChI=1S/C18H20N6O3S/c1-12-14-9-13(10-19-17(14)21(2)20-12)11-22-5-7-23(8-6-22)18(25)15-3-4-16(28-15)24(26)27/h3-4,9-10H,5-8,11H2,1-2H3. The zero-order valence-electron chi connectivity index (χ0n) is 15.7. The van der Waals surface area contributed by atoms with Crippen LogP contribution in [0, 0.1) is 17.0 Å². The molecular formula is C18H20N6O3S. The Labute approximate surface area is 165 Å². The topological polar surface area (TPSA) is 97.4 Å². The average molecular weight is 400 g/mol. The van der Waals surface area contributed by atoms with E-state index in [2.05, 4.69) is 21.0 Å². The maximum atomic E-state index is 12.6. The van der Waals surface area contributed by atoms with Crippen LogP contribution in [-0.4, -0.2) is 61.6 Å². The van der Waals surface area contributed by atoms with Crippen LogP contribution in [0.15, 0.2) is 24.4 Å². The second kappa shape index (κ2) is 7.28. The van der Waals surface area contributed by atoms with Crippen molar-refractivity contribution >= 4 is 33.3 Å². The number of nitrogens with zero attached hydrogens (tertiary/aromatic N) is 6. The van der Waals surface area contributed by atoms with E-state index in [9.17, 15) is 14.9 Å². The minimum Gasteiger partial charge on any atom is -0.335 e. The molecule has 10 heteroatoms. The molecular weight excluding hydrogens is 380 g/mol. The highest BCUT2D eigenvalue weighted by molar-refractivity contribution is 7.17. The van der Waals surface area contributed by atoms with Crippen molar-refractivity contribution < 1.29 is 9.72 Å². The number of amides is 1. The zero-order chi connectivity index (χ0) is 19.8. The normalized spacial score (nSPS) is 15.3. The van der Waals surface area contributed by atoms with Gasteiger partial charge in [0, 0.05) is 57.4 Å². The third-order valence-electron chi connectivity index (χ3n) is 4.97. The van der Waals surface area contributed by atoms with Gasteiger partial charge in [0.2, 0.25) is 0 Å². The molecule has 1 aliphatic rings. The van der Waals surface area contributed by atoms with Crippen molar-refractivity contribution in [1.82, 2.24) is 24.6 Å². The fraction of sp³-hybridized carbons (Fsp3) is 0.389. The second-order valence-corrected chi connectivity index (χ2v) is 7.95. The number of aryl methyl sites for hydroxylation is 2. The Morgan fingerprint density at radius 3 is 2.71 bits per heavy atom. The predicted octanol–water partition coefficient (Wildman–Crippen LogP) is 2.20. The molecule has 0 aromatic carbocycles. The number of piperazine rings is 1. The highest BCUT2D eigenvalue weighted by Gasteiger charge is 2.25. The number of carbonyl (C=O) groups is 1. The van der Waals surface area contributed by atoms with Gasteiger partial charge in [-0.1, -0.05) is 11.3 Å². The van der Waals surface area contributed by atoms with Gasteiger partial charge in [0.1, 0.15) is 0 Å². The number of hydrogen-bond acceptors (Lipinski definition) is 7. The fourth-order valence-electron chi connectivity index (χ4n) is 3.50. The number of fused-ring (bicyclic) bond motifs is 1. The summed E-state index contributed by atoms with van der Waals surface area (Å²) in [6, 6.07) is 5.05. The lowest BCUT2D eigenvalue weighted by Gasteiger charge is -2.34. The summed E-state index contributed by atoms with van der Waals surface area (Å²) in [5, 5.41) is 16.3. The average Bonchev–Trinajstić information content (AvgIpc) is 3.28. The van der Waals surface area contributed by atoms with E-state index in [1.165, 1.54) is 12.1 Å². The molecule has 146 valence electrons. The van der Waals surface area contributed by atoms with E-state index in [-0.39, 0.29) is 10.9 Å². The SMILES string of the molecule is Cc1nn(C)c2ncc(CN3CCN(C(=O)c4ccc([N+](=O)[O-])s4)CC3)cc12. The van der Waals surface area contributed by atoms with Crippen molar-refractivity contribution in [2.75, 3.05) is 26.2 Å². The maximum Gasteiger partial charge on any atom is 0.324 e.